The van der Waals surface area contributed by atoms with Crippen molar-refractivity contribution in [3.63, 3.8) is 0 Å². The van der Waals surface area contributed by atoms with Gasteiger partial charge in [-0.15, -0.1) is 0 Å². The summed E-state index contributed by atoms with van der Waals surface area (Å²) < 4.78 is 64.7. The number of hydrogen-bond donors (Lipinski definition) is 1. The van der Waals surface area contributed by atoms with Crippen molar-refractivity contribution >= 4 is 11.7 Å². The zero-order valence-electron chi connectivity index (χ0n) is 20.2. The summed E-state index contributed by atoms with van der Waals surface area (Å²) in [5, 5.41) is 5.88. The summed E-state index contributed by atoms with van der Waals surface area (Å²) in [6.45, 7) is 0. The van der Waals surface area contributed by atoms with Crippen molar-refractivity contribution in [3.8, 4) is 16.9 Å². The number of nitrogens with zero attached hydrogens (tertiary/aromatic N) is 3. The molecule has 4 aromatic rings. The summed E-state index contributed by atoms with van der Waals surface area (Å²) >= 11 is 0. The van der Waals surface area contributed by atoms with Crippen molar-refractivity contribution in [3.05, 3.63) is 89.5 Å². The second-order valence-corrected chi connectivity index (χ2v) is 9.06. The van der Waals surface area contributed by atoms with E-state index in [0.717, 1.165) is 17.4 Å². The molecule has 0 saturated heterocycles. The third-order valence-electron chi connectivity index (χ3n) is 6.53. The maximum absolute atomic E-state index is 14.8. The molecule has 38 heavy (non-hydrogen) atoms. The van der Waals surface area contributed by atoms with Crippen LogP contribution in [0.4, 0.5) is 23.4 Å². The van der Waals surface area contributed by atoms with Crippen molar-refractivity contribution in [2.24, 2.45) is 0 Å². The number of anilines is 1. The van der Waals surface area contributed by atoms with Gasteiger partial charge in [-0.25, -0.2) is 14.4 Å². The summed E-state index contributed by atoms with van der Waals surface area (Å²) in [5.74, 6) is -0.442. The highest BCUT2D eigenvalue weighted by Crippen LogP contribution is 2.59. The smallest absolute Gasteiger partial charge is 0.401 e. The largest absolute Gasteiger partial charge is 0.496 e. The Labute approximate surface area is 214 Å². The van der Waals surface area contributed by atoms with Gasteiger partial charge < -0.3 is 14.6 Å². The van der Waals surface area contributed by atoms with E-state index in [9.17, 15) is 22.4 Å². The third-order valence-corrected chi connectivity index (χ3v) is 6.53. The predicted molar refractivity (Wildman–Crippen MR) is 129 cm³/mol. The molecule has 1 saturated carbocycles. The maximum Gasteiger partial charge on any atom is 0.401 e. The molecule has 0 atom stereocenters. The normalized spacial score (nSPS) is 14.2. The number of aromatic nitrogens is 3. The monoisotopic (exact) mass is 526 g/mol. The van der Waals surface area contributed by atoms with Gasteiger partial charge in [-0.1, -0.05) is 35.5 Å². The molecule has 2 aromatic heterocycles. The predicted octanol–water partition coefficient (Wildman–Crippen LogP) is 5.65. The Bertz CT molecular complexity index is 1460. The van der Waals surface area contributed by atoms with Gasteiger partial charge in [0.1, 0.15) is 22.8 Å². The molecule has 1 aliphatic rings. The van der Waals surface area contributed by atoms with E-state index in [1.54, 1.807) is 25.6 Å². The first-order valence-electron chi connectivity index (χ1n) is 11.7. The van der Waals surface area contributed by atoms with E-state index in [4.69, 9.17) is 9.26 Å². The lowest BCUT2D eigenvalue weighted by atomic mass is 10.0. The number of para-hydroxylation sites is 1. The van der Waals surface area contributed by atoms with Crippen LogP contribution < -0.4 is 10.1 Å². The number of rotatable bonds is 8. The molecular weight excluding hydrogens is 504 g/mol. The molecule has 0 radical (unpaired) electrons. The topological polar surface area (TPSA) is 90.1 Å². The molecule has 196 valence electrons. The number of carbonyl (C=O) groups is 1. The molecule has 1 fully saturated rings. The van der Waals surface area contributed by atoms with Crippen LogP contribution in [0.25, 0.3) is 11.1 Å². The first-order chi connectivity index (χ1) is 18.2. The fraction of sp³-hybridized carbons (Fsp3) is 0.259. The molecule has 0 aliphatic heterocycles. The molecule has 11 heteroatoms. The summed E-state index contributed by atoms with van der Waals surface area (Å²) in [4.78, 5) is 21.1. The Hall–Kier alpha value is -4.28. The first kappa shape index (κ1) is 25.4. The van der Waals surface area contributed by atoms with E-state index in [1.807, 2.05) is 24.3 Å². The van der Waals surface area contributed by atoms with Crippen molar-refractivity contribution in [1.82, 2.24) is 15.1 Å². The van der Waals surface area contributed by atoms with Crippen LogP contribution in [0, 0.1) is 5.82 Å². The van der Waals surface area contributed by atoms with E-state index >= 15 is 0 Å². The number of carbonyl (C=O) groups excluding carboxylic acids is 1. The third kappa shape index (κ3) is 5.09. The number of ether oxygens (including phenoxy) is 1. The van der Waals surface area contributed by atoms with Gasteiger partial charge in [-0.2, -0.15) is 13.2 Å². The van der Waals surface area contributed by atoms with Crippen molar-refractivity contribution in [2.45, 2.75) is 37.3 Å². The number of methoxy groups -OCH3 is 1. The molecule has 0 bridgehead atoms. The van der Waals surface area contributed by atoms with Gasteiger partial charge in [0.05, 0.1) is 13.5 Å². The Kier molecular flexibility index (Phi) is 6.60. The van der Waals surface area contributed by atoms with E-state index in [0.29, 0.717) is 23.4 Å². The lowest BCUT2D eigenvalue weighted by Gasteiger charge is -2.14. The fourth-order valence-electron chi connectivity index (χ4n) is 4.20. The van der Waals surface area contributed by atoms with Crippen LogP contribution in [0.5, 0.6) is 5.75 Å². The second kappa shape index (κ2) is 9.88. The van der Waals surface area contributed by atoms with Crippen molar-refractivity contribution in [2.75, 3.05) is 12.4 Å². The lowest BCUT2D eigenvalue weighted by Crippen LogP contribution is -2.28. The minimum absolute atomic E-state index is 0.0911. The molecule has 0 spiro atoms. The minimum Gasteiger partial charge on any atom is -0.496 e. The zero-order valence-corrected chi connectivity index (χ0v) is 20.2. The van der Waals surface area contributed by atoms with Crippen molar-refractivity contribution in [1.29, 1.82) is 0 Å². The van der Waals surface area contributed by atoms with Gasteiger partial charge in [0.25, 0.3) is 0 Å². The number of benzene rings is 2. The molecule has 2 aromatic carbocycles. The summed E-state index contributed by atoms with van der Waals surface area (Å²) in [6.07, 6.45) is -1.33. The highest BCUT2D eigenvalue weighted by molar-refractivity contribution is 5.91. The quantitative estimate of drug-likeness (QED) is 0.299. The highest BCUT2D eigenvalue weighted by Gasteiger charge is 2.66. The number of amides is 1. The standard InChI is InChI=1S/C27H22F4N4O3/c1-37-21-5-3-2-4-18(21)11-23-32-14-19(15-33-23)16-6-7-17(20(28)10-16)12-25(36)34-24-13-22(38-35-24)26(8-9-26)27(29,30)31/h2-7,10,13-15H,8-9,11-12H2,1H3,(H,34,35,36). The number of alkyl halides is 3. The van der Waals surface area contributed by atoms with Crippen LogP contribution >= 0.6 is 0 Å². The molecule has 5 rings (SSSR count). The molecule has 1 N–H and O–H groups in total. The lowest BCUT2D eigenvalue weighted by molar-refractivity contribution is -0.165. The van der Waals surface area contributed by atoms with Crippen LogP contribution in [0.3, 0.4) is 0 Å². The summed E-state index contributed by atoms with van der Waals surface area (Å²) in [6, 6.07) is 13.0. The fourth-order valence-corrected chi connectivity index (χ4v) is 4.20. The molecule has 2 heterocycles. The average Bonchev–Trinajstić information content (AvgIpc) is 3.60. The van der Waals surface area contributed by atoms with E-state index in [2.05, 4.69) is 20.4 Å². The highest BCUT2D eigenvalue weighted by atomic mass is 19.4. The molecule has 1 amide bonds. The summed E-state index contributed by atoms with van der Waals surface area (Å²) in [5.41, 5.74) is 0.126. The maximum atomic E-state index is 14.8. The van der Waals surface area contributed by atoms with Crippen LogP contribution in [-0.4, -0.2) is 34.3 Å². The molecule has 0 unspecified atom stereocenters. The Morgan fingerprint density at radius 3 is 2.45 bits per heavy atom. The van der Waals surface area contributed by atoms with E-state index in [1.165, 1.54) is 12.1 Å². The van der Waals surface area contributed by atoms with Gasteiger partial charge in [-0.3, -0.25) is 4.79 Å². The Balaban J connectivity index is 1.22. The van der Waals surface area contributed by atoms with Crippen LogP contribution in [0.2, 0.25) is 0 Å². The second-order valence-electron chi connectivity index (χ2n) is 9.06. The average molecular weight is 526 g/mol. The number of halogens is 4. The molecular formula is C27H22F4N4O3. The first-order valence-corrected chi connectivity index (χ1v) is 11.7. The number of nitrogens with one attached hydrogen (secondary N) is 1. The van der Waals surface area contributed by atoms with Gasteiger partial charge >= 0.3 is 6.18 Å². The minimum atomic E-state index is -4.46. The van der Waals surface area contributed by atoms with Crippen LogP contribution in [0.1, 0.15) is 35.6 Å². The molecule has 7 nitrogen and oxygen atoms in total. The number of hydrogen-bond acceptors (Lipinski definition) is 6. The van der Waals surface area contributed by atoms with Gasteiger partial charge in [0.2, 0.25) is 5.91 Å². The van der Waals surface area contributed by atoms with Crippen molar-refractivity contribution < 1.29 is 31.6 Å². The summed E-state index contributed by atoms with van der Waals surface area (Å²) in [7, 11) is 1.59. The van der Waals surface area contributed by atoms with Gasteiger partial charge in [-0.05, 0) is 36.1 Å². The van der Waals surface area contributed by atoms with Gasteiger partial charge in [0.15, 0.2) is 11.6 Å². The van der Waals surface area contributed by atoms with Gasteiger partial charge in [0, 0.05) is 36.0 Å². The van der Waals surface area contributed by atoms with E-state index in [-0.39, 0.29) is 36.4 Å². The van der Waals surface area contributed by atoms with Crippen LogP contribution in [-0.2, 0) is 23.1 Å². The Morgan fingerprint density at radius 2 is 1.79 bits per heavy atom. The molecule has 1 aliphatic carbocycles. The zero-order chi connectivity index (χ0) is 26.9. The van der Waals surface area contributed by atoms with E-state index < -0.39 is 23.3 Å². The Morgan fingerprint density at radius 1 is 1.05 bits per heavy atom. The SMILES string of the molecule is COc1ccccc1Cc1ncc(-c2ccc(CC(=O)Nc3cc(C4(C(F)(F)F)CC4)on3)c(F)c2)cn1. The van der Waals surface area contributed by atoms with Crippen LogP contribution in [0.15, 0.2) is 65.4 Å².